The number of rotatable bonds is 6. The van der Waals surface area contributed by atoms with Crippen LogP contribution in [0.25, 0.3) is 22.5 Å². The van der Waals surface area contributed by atoms with Gasteiger partial charge < -0.3 is 15.6 Å². The van der Waals surface area contributed by atoms with E-state index in [1.54, 1.807) is 19.2 Å². The van der Waals surface area contributed by atoms with E-state index in [2.05, 4.69) is 15.3 Å². The molecule has 0 saturated carbocycles. The lowest BCUT2D eigenvalue weighted by atomic mass is 10.0. The fraction of sp³-hybridized carbons (Fsp3) is 0.231. The van der Waals surface area contributed by atoms with Crippen LogP contribution in [0, 0.1) is 0 Å². The molecule has 0 radical (unpaired) electrons. The molecule has 0 aliphatic carbocycles. The van der Waals surface area contributed by atoms with Gasteiger partial charge in [-0.3, -0.25) is 0 Å². The minimum atomic E-state index is -4.45. The van der Waals surface area contributed by atoms with Crippen LogP contribution < -0.4 is 11.1 Å². The molecule has 0 spiro atoms. The Kier molecular flexibility index (Phi) is 6.43. The van der Waals surface area contributed by atoms with Crippen LogP contribution in [0.5, 0.6) is 0 Å². The number of anilines is 1. The van der Waals surface area contributed by atoms with E-state index < -0.39 is 17.8 Å². The summed E-state index contributed by atoms with van der Waals surface area (Å²) in [6.07, 6.45) is -2.78. The normalized spacial score (nSPS) is 13.5. The third kappa shape index (κ3) is 4.82. The van der Waals surface area contributed by atoms with Crippen molar-refractivity contribution in [2.24, 2.45) is 12.8 Å². The molecule has 0 bridgehead atoms. The number of nitrogens with two attached hydrogens (primary N) is 1. The highest BCUT2D eigenvalue weighted by atomic mass is 19.4. The first-order valence-corrected chi connectivity index (χ1v) is 10.9. The molecular weight excluding hydrogens is 439 g/mol. The van der Waals surface area contributed by atoms with Gasteiger partial charge in [-0.25, -0.2) is 9.97 Å². The number of nitrogens with one attached hydrogen (secondary N) is 1. The summed E-state index contributed by atoms with van der Waals surface area (Å²) in [5.41, 5.74) is 8.76. The van der Waals surface area contributed by atoms with Gasteiger partial charge in [0.1, 0.15) is 11.6 Å². The number of imidazole rings is 1. The first-order valence-electron chi connectivity index (χ1n) is 10.9. The lowest BCUT2D eigenvalue weighted by molar-refractivity contribution is -0.137. The Morgan fingerprint density at radius 1 is 0.941 bits per heavy atom. The molecule has 0 aliphatic heterocycles. The van der Waals surface area contributed by atoms with Crippen LogP contribution in [0.4, 0.5) is 19.0 Å². The van der Waals surface area contributed by atoms with Crippen LogP contribution in [0.1, 0.15) is 42.9 Å². The Morgan fingerprint density at radius 2 is 1.68 bits per heavy atom. The first kappa shape index (κ1) is 23.5. The molecule has 2 atom stereocenters. The molecule has 34 heavy (non-hydrogen) atoms. The van der Waals surface area contributed by atoms with Crippen LogP contribution in [0.2, 0.25) is 0 Å². The van der Waals surface area contributed by atoms with Gasteiger partial charge in [0.25, 0.3) is 0 Å². The van der Waals surface area contributed by atoms with Gasteiger partial charge in [-0.2, -0.15) is 13.2 Å². The second-order valence-electron chi connectivity index (χ2n) is 8.30. The molecule has 176 valence electrons. The maximum Gasteiger partial charge on any atom is 0.416 e. The maximum absolute atomic E-state index is 13.4. The zero-order valence-corrected chi connectivity index (χ0v) is 19.1. The molecule has 4 rings (SSSR count). The Morgan fingerprint density at radius 3 is 2.35 bits per heavy atom. The van der Waals surface area contributed by atoms with Crippen LogP contribution >= 0.6 is 0 Å². The molecular formula is C26H26F3N5. The Labute approximate surface area is 196 Å². The molecule has 4 aromatic rings. The molecule has 3 N–H and O–H groups in total. The highest BCUT2D eigenvalue weighted by Gasteiger charge is 2.31. The van der Waals surface area contributed by atoms with Crippen molar-refractivity contribution < 1.29 is 13.2 Å². The lowest BCUT2D eigenvalue weighted by Crippen LogP contribution is -2.12. The second-order valence-corrected chi connectivity index (χ2v) is 8.30. The summed E-state index contributed by atoms with van der Waals surface area (Å²) in [6, 6.07) is 18.5. The standard InChI is InChI=1S/C26H26F3N5/c1-16(30)25-33-23(19-10-7-11-21(14-19)26(27,28)29)24(34(25)3)20-12-13-31-22(15-20)32-17(2)18-8-5-4-6-9-18/h4-17H,30H2,1-3H3,(H,31,32)/t16-,17+/m1/s1. The first-order chi connectivity index (χ1) is 16.1. The van der Waals surface area contributed by atoms with Gasteiger partial charge in [-0.05, 0) is 43.7 Å². The number of alkyl halides is 3. The van der Waals surface area contributed by atoms with Gasteiger partial charge in [0.05, 0.1) is 23.0 Å². The van der Waals surface area contributed by atoms with Crippen molar-refractivity contribution >= 4 is 5.82 Å². The summed E-state index contributed by atoms with van der Waals surface area (Å²) in [7, 11) is 1.82. The summed E-state index contributed by atoms with van der Waals surface area (Å²) in [4.78, 5) is 9.08. The van der Waals surface area contributed by atoms with E-state index >= 15 is 0 Å². The minimum absolute atomic E-state index is 0.0121. The lowest BCUT2D eigenvalue weighted by Gasteiger charge is -2.16. The molecule has 0 fully saturated rings. The Bertz CT molecular complexity index is 1280. The van der Waals surface area contributed by atoms with Crippen molar-refractivity contribution in [2.75, 3.05) is 5.32 Å². The highest BCUT2D eigenvalue weighted by Crippen LogP contribution is 2.37. The molecule has 0 saturated heterocycles. The Hall–Kier alpha value is -3.65. The van der Waals surface area contributed by atoms with Crippen molar-refractivity contribution in [2.45, 2.75) is 32.1 Å². The van der Waals surface area contributed by atoms with Crippen molar-refractivity contribution in [3.05, 3.63) is 89.9 Å². The Balaban J connectivity index is 1.79. The van der Waals surface area contributed by atoms with E-state index in [-0.39, 0.29) is 6.04 Å². The van der Waals surface area contributed by atoms with Gasteiger partial charge >= 0.3 is 6.18 Å². The summed E-state index contributed by atoms with van der Waals surface area (Å²) >= 11 is 0. The van der Waals surface area contributed by atoms with Crippen LogP contribution in [-0.4, -0.2) is 14.5 Å². The van der Waals surface area contributed by atoms with Crippen LogP contribution in [0.3, 0.4) is 0 Å². The van der Waals surface area contributed by atoms with Gasteiger partial charge in [-0.15, -0.1) is 0 Å². The molecule has 2 aromatic heterocycles. The second kappa shape index (κ2) is 9.30. The number of aromatic nitrogens is 3. The summed E-state index contributed by atoms with van der Waals surface area (Å²) in [5, 5.41) is 3.39. The van der Waals surface area contributed by atoms with Gasteiger partial charge in [0.2, 0.25) is 0 Å². The molecule has 2 aromatic carbocycles. The number of nitrogens with zero attached hydrogens (tertiary/aromatic N) is 3. The predicted octanol–water partition coefficient (Wildman–Crippen LogP) is 6.36. The summed E-state index contributed by atoms with van der Waals surface area (Å²) in [5.74, 6) is 1.22. The number of hydrogen-bond acceptors (Lipinski definition) is 4. The average Bonchev–Trinajstić information content (AvgIpc) is 3.17. The molecule has 0 unspecified atom stereocenters. The number of benzene rings is 2. The maximum atomic E-state index is 13.4. The fourth-order valence-electron chi connectivity index (χ4n) is 4.00. The SMILES string of the molecule is C[C@H](Nc1cc(-c2c(-c3cccc(C(F)(F)F)c3)nc([C@@H](C)N)n2C)ccn1)c1ccccc1. The fourth-order valence-corrected chi connectivity index (χ4v) is 4.00. The van der Waals surface area contributed by atoms with E-state index in [4.69, 9.17) is 5.73 Å². The van der Waals surface area contributed by atoms with Gasteiger partial charge in [0, 0.05) is 30.4 Å². The van der Waals surface area contributed by atoms with Crippen molar-refractivity contribution in [3.8, 4) is 22.5 Å². The summed E-state index contributed by atoms with van der Waals surface area (Å²) < 4.78 is 41.9. The topological polar surface area (TPSA) is 68.8 Å². The minimum Gasteiger partial charge on any atom is -0.364 e. The number of halogens is 3. The van der Waals surface area contributed by atoms with Gasteiger partial charge in [0.15, 0.2) is 0 Å². The zero-order chi connectivity index (χ0) is 24.5. The number of hydrogen-bond donors (Lipinski definition) is 2. The van der Waals surface area contributed by atoms with E-state index in [0.29, 0.717) is 28.6 Å². The zero-order valence-electron chi connectivity index (χ0n) is 19.1. The van der Waals surface area contributed by atoms with Crippen LogP contribution in [0.15, 0.2) is 72.9 Å². The molecule has 0 aliphatic rings. The third-order valence-corrected chi connectivity index (χ3v) is 5.70. The molecule has 2 heterocycles. The molecule has 0 amide bonds. The molecule has 5 nitrogen and oxygen atoms in total. The highest BCUT2D eigenvalue weighted by molar-refractivity contribution is 5.80. The monoisotopic (exact) mass is 465 g/mol. The van der Waals surface area contributed by atoms with Crippen molar-refractivity contribution in [3.63, 3.8) is 0 Å². The van der Waals surface area contributed by atoms with E-state index in [0.717, 1.165) is 23.3 Å². The van der Waals surface area contributed by atoms with Crippen LogP contribution in [-0.2, 0) is 13.2 Å². The largest absolute Gasteiger partial charge is 0.416 e. The van der Waals surface area contributed by atoms with Gasteiger partial charge in [-0.1, -0.05) is 42.5 Å². The van der Waals surface area contributed by atoms with Crippen molar-refractivity contribution in [1.82, 2.24) is 14.5 Å². The molecule has 8 heteroatoms. The average molecular weight is 466 g/mol. The quantitative estimate of drug-likeness (QED) is 0.348. The summed E-state index contributed by atoms with van der Waals surface area (Å²) in [6.45, 7) is 3.83. The van der Waals surface area contributed by atoms with E-state index in [1.165, 1.54) is 6.07 Å². The predicted molar refractivity (Wildman–Crippen MR) is 128 cm³/mol. The van der Waals surface area contributed by atoms with E-state index in [1.807, 2.05) is 61.0 Å². The third-order valence-electron chi connectivity index (χ3n) is 5.70. The van der Waals surface area contributed by atoms with Crippen molar-refractivity contribution in [1.29, 1.82) is 0 Å². The number of pyridine rings is 1. The van der Waals surface area contributed by atoms with E-state index in [9.17, 15) is 13.2 Å². The smallest absolute Gasteiger partial charge is 0.364 e.